The minimum absolute atomic E-state index is 0.00951. The number of hydrogen-bond acceptors (Lipinski definition) is 4. The highest BCUT2D eigenvalue weighted by Crippen LogP contribution is 2.69. The molecule has 3 rings (SSSR count). The summed E-state index contributed by atoms with van der Waals surface area (Å²) in [5, 5.41) is -13.5. The van der Waals surface area contributed by atoms with Crippen molar-refractivity contribution in [1.82, 2.24) is 4.90 Å². The monoisotopic (exact) mass is 467 g/mol. The van der Waals surface area contributed by atoms with Crippen molar-refractivity contribution in [3.05, 3.63) is 23.3 Å². The highest BCUT2D eigenvalue weighted by molar-refractivity contribution is 6.72. The van der Waals surface area contributed by atoms with Crippen molar-refractivity contribution in [2.45, 2.75) is 50.2 Å². The van der Waals surface area contributed by atoms with Crippen LogP contribution in [0.3, 0.4) is 0 Å². The summed E-state index contributed by atoms with van der Waals surface area (Å²) in [7, 11) is 88.2. The van der Waals surface area contributed by atoms with Gasteiger partial charge in [-0.25, -0.2) is 0 Å². The Labute approximate surface area is 246 Å². The van der Waals surface area contributed by atoms with Gasteiger partial charge in [0, 0.05) is 31.5 Å². The van der Waals surface area contributed by atoms with E-state index in [0.29, 0.717) is 18.5 Å². The van der Waals surface area contributed by atoms with Gasteiger partial charge in [-0.2, -0.15) is 0 Å². The molecule has 1 aromatic carbocycles. The summed E-state index contributed by atoms with van der Waals surface area (Å²) in [4.78, 5) is 15.5. The van der Waals surface area contributed by atoms with Crippen LogP contribution in [0.2, 0.25) is 20.8 Å². The van der Waals surface area contributed by atoms with Gasteiger partial charge >= 0.3 is 0 Å². The maximum atomic E-state index is 13.5. The lowest BCUT2D eigenvalue weighted by atomic mass is 9.07. The van der Waals surface area contributed by atoms with E-state index in [1.165, 1.54) is 0 Å². The number of hydrogen-bond donors (Lipinski definition) is 0. The Bertz CT molecular complexity index is 1060. The quantitative estimate of drug-likeness (QED) is 0.369. The number of benzene rings is 1. The Kier molecular flexibility index (Phi) is 8.45. The van der Waals surface area contributed by atoms with Crippen LogP contribution >= 0.6 is 0 Å². The van der Waals surface area contributed by atoms with Gasteiger partial charge in [0.2, 0.25) is 0 Å². The van der Waals surface area contributed by atoms with Crippen LogP contribution in [0.4, 0.5) is 0 Å². The molecular formula is C19H12B15NO3. The predicted octanol–water partition coefficient (Wildman–Crippen LogP) is -3.90. The van der Waals surface area contributed by atoms with E-state index in [4.69, 9.17) is 127 Å². The summed E-state index contributed by atoms with van der Waals surface area (Å²) in [6.07, 6.45) is 0.408. The van der Waals surface area contributed by atoms with Crippen molar-refractivity contribution in [3.8, 4) is 11.5 Å². The smallest absolute Gasteiger partial charge is 0.158 e. The molecule has 2 aliphatic heterocycles. The molecule has 2 unspecified atom stereocenters. The molecule has 0 saturated carbocycles. The summed E-state index contributed by atoms with van der Waals surface area (Å²) in [5.41, 5.74) is 1.47. The standard InChI is InChI=1S/C19H12B15NO3/c20-14(21,15(22,16(23,24)25)17(26,27)28)9-6-35-2-1-7-3-12(37-18(29,30)31)13(38-19(32,33)34)4-8(7)10(35)5-11(9)36/h3-4,9-10H,1-2,5-6H2. The highest BCUT2D eigenvalue weighted by Gasteiger charge is 2.57. The number of piperidine rings is 1. The van der Waals surface area contributed by atoms with Crippen molar-refractivity contribution in [3.63, 3.8) is 0 Å². The number of rotatable bonds is 8. The topological polar surface area (TPSA) is 38.8 Å². The van der Waals surface area contributed by atoms with Crippen molar-refractivity contribution in [2.75, 3.05) is 13.1 Å². The van der Waals surface area contributed by atoms with Crippen molar-refractivity contribution in [1.29, 1.82) is 0 Å². The van der Waals surface area contributed by atoms with E-state index >= 15 is 0 Å². The summed E-state index contributed by atoms with van der Waals surface area (Å²) in [6.45, 7) is 0.474. The van der Waals surface area contributed by atoms with Crippen molar-refractivity contribution < 1.29 is 14.3 Å². The molecule has 0 spiro atoms. The van der Waals surface area contributed by atoms with E-state index in [2.05, 4.69) is 0 Å². The van der Waals surface area contributed by atoms with Crippen LogP contribution in [-0.4, -0.2) is 152 Å². The lowest BCUT2D eigenvalue weighted by molar-refractivity contribution is -0.130. The Morgan fingerprint density at radius 3 is 1.66 bits per heavy atom. The van der Waals surface area contributed by atoms with E-state index < -0.39 is 49.1 Å². The number of carbonyl (C=O) groups excluding carboxylic acids is 1. The van der Waals surface area contributed by atoms with Gasteiger partial charge in [-0.15, -0.1) is 15.5 Å². The van der Waals surface area contributed by atoms with Crippen LogP contribution in [0.25, 0.3) is 0 Å². The van der Waals surface area contributed by atoms with Crippen LogP contribution in [0.1, 0.15) is 23.6 Å². The second kappa shape index (κ2) is 10.1. The van der Waals surface area contributed by atoms with Crippen LogP contribution in [0, 0.1) is 5.92 Å². The third-order valence-corrected chi connectivity index (χ3v) is 7.07. The Hall–Kier alpha value is -0.576. The van der Waals surface area contributed by atoms with E-state index in [1.54, 1.807) is 12.1 Å². The first kappa shape index (κ1) is 31.9. The molecule has 1 fully saturated rings. The first-order valence-corrected chi connectivity index (χ1v) is 11.5. The lowest BCUT2D eigenvalue weighted by Crippen LogP contribution is -2.59. The highest BCUT2D eigenvalue weighted by atomic mass is 16.5. The van der Waals surface area contributed by atoms with Gasteiger partial charge < -0.3 is 9.47 Å². The number of ketones is 1. The summed E-state index contributed by atoms with van der Waals surface area (Å²) in [5.74, 6) is -1.52. The fourth-order valence-electron chi connectivity index (χ4n) is 5.25. The maximum absolute atomic E-state index is 13.5. The fraction of sp³-hybridized carbons (Fsp3) is 0.632. The van der Waals surface area contributed by atoms with Gasteiger partial charge in [0.1, 0.15) is 52.9 Å². The summed E-state index contributed by atoms with van der Waals surface area (Å²) < 4.78 is 10.9. The molecule has 0 N–H and O–H groups in total. The predicted molar refractivity (Wildman–Crippen MR) is 161 cm³/mol. The lowest BCUT2D eigenvalue weighted by Gasteiger charge is -2.67. The van der Waals surface area contributed by atoms with E-state index in [-0.39, 0.29) is 24.5 Å². The summed E-state index contributed by atoms with van der Waals surface area (Å²) >= 11 is 0. The minimum atomic E-state index is -2.41. The zero-order valence-corrected chi connectivity index (χ0v) is 21.0. The molecule has 1 aromatic rings. The molecule has 38 heavy (non-hydrogen) atoms. The number of ether oxygens (including phenoxy) is 2. The molecule has 4 nitrogen and oxygen atoms in total. The zero-order valence-electron chi connectivity index (χ0n) is 21.0. The normalized spacial score (nSPS) is 21.7. The third-order valence-electron chi connectivity index (χ3n) is 7.07. The van der Waals surface area contributed by atoms with Crippen LogP contribution in [-0.2, 0) is 11.2 Å². The number of fused-ring (bicyclic) bond motifs is 3. The Morgan fingerprint density at radius 2 is 1.21 bits per heavy atom. The maximum Gasteiger partial charge on any atom is 0.158 e. The SMILES string of the molecule is [B]C([B])([B])Oc1cc2c(cc1OC([B])([B])[B])C1CC(=O)C(C([B])([B])C([B])(C([B])([B])[B])C([B])([B])[B])CN1CC2. The molecule has 156 valence electrons. The largest absolute Gasteiger partial charge is 0.512 e. The van der Waals surface area contributed by atoms with Crippen LogP contribution in [0.5, 0.6) is 11.5 Å². The van der Waals surface area contributed by atoms with Crippen LogP contribution in [0.15, 0.2) is 12.1 Å². The van der Waals surface area contributed by atoms with Gasteiger partial charge in [0.25, 0.3) is 0 Å². The number of Topliss-reactive ketones (excluding diaryl/α,β-unsaturated/α-hetero) is 1. The molecule has 1 saturated heterocycles. The molecule has 2 heterocycles. The fourth-order valence-corrected chi connectivity index (χ4v) is 5.25. The van der Waals surface area contributed by atoms with Gasteiger partial charge in [-0.3, -0.25) is 9.69 Å². The second-order valence-corrected chi connectivity index (χ2v) is 10.5. The molecule has 19 heteroatoms. The van der Waals surface area contributed by atoms with Crippen molar-refractivity contribution in [2.24, 2.45) is 5.92 Å². The van der Waals surface area contributed by atoms with Gasteiger partial charge in [0.15, 0.2) is 11.5 Å². The average Bonchev–Trinajstić information content (AvgIpc) is 2.69. The van der Waals surface area contributed by atoms with Crippen molar-refractivity contribution >= 4 is 123 Å². The molecule has 0 bridgehead atoms. The molecule has 0 amide bonds. The molecule has 2 atom stereocenters. The van der Waals surface area contributed by atoms with Crippen LogP contribution < -0.4 is 9.47 Å². The van der Waals surface area contributed by atoms with Gasteiger partial charge in [-0.1, -0.05) is 5.21 Å². The Balaban J connectivity index is 2.02. The molecular weight excluding hydrogens is 452 g/mol. The zero-order chi connectivity index (χ0) is 29.3. The molecule has 0 aliphatic carbocycles. The van der Waals surface area contributed by atoms with E-state index in [9.17, 15) is 4.79 Å². The van der Waals surface area contributed by atoms with Gasteiger partial charge in [0.05, 0.1) is 70.6 Å². The first-order chi connectivity index (χ1) is 16.9. The van der Waals surface area contributed by atoms with E-state index in [1.807, 2.05) is 4.90 Å². The number of nitrogens with zero attached hydrogens (tertiary/aromatic N) is 1. The molecule has 30 radical (unpaired) electrons. The first-order valence-electron chi connectivity index (χ1n) is 11.5. The number of carbonyl (C=O) groups is 1. The van der Waals surface area contributed by atoms with Gasteiger partial charge in [-0.05, 0) is 40.3 Å². The minimum Gasteiger partial charge on any atom is -0.512 e. The second-order valence-electron chi connectivity index (χ2n) is 10.5. The summed E-state index contributed by atoms with van der Waals surface area (Å²) in [6, 6.07) is 2.70. The molecule has 0 aromatic heterocycles. The molecule has 2 aliphatic rings. The Morgan fingerprint density at radius 1 is 0.737 bits per heavy atom. The average molecular weight is 464 g/mol. The van der Waals surface area contributed by atoms with E-state index in [0.717, 1.165) is 5.56 Å². The third kappa shape index (κ3) is 6.03.